The molecule has 0 saturated heterocycles. The Hall–Kier alpha value is -2.26. The molecule has 0 saturated carbocycles. The van der Waals surface area contributed by atoms with Crippen molar-refractivity contribution >= 4 is 26.5 Å². The first kappa shape index (κ1) is 13.7. The summed E-state index contributed by atoms with van der Waals surface area (Å²) in [5, 5.41) is 12.6. The van der Waals surface area contributed by atoms with E-state index in [1.807, 2.05) is 0 Å². The van der Waals surface area contributed by atoms with Crippen LogP contribution in [0.5, 0.6) is 0 Å². The van der Waals surface area contributed by atoms with Crippen molar-refractivity contribution in [2.45, 2.75) is 11.8 Å². The summed E-state index contributed by atoms with van der Waals surface area (Å²) in [7, 11) is -3.66. The third-order valence-electron chi connectivity index (χ3n) is 2.66. The first-order valence-electron chi connectivity index (χ1n) is 5.98. The molecule has 108 valence electrons. The predicted molar refractivity (Wildman–Crippen MR) is 79.0 cm³/mol. The Bertz CT molecular complexity index is 838. The van der Waals surface area contributed by atoms with Gasteiger partial charge < -0.3 is 0 Å². The van der Waals surface area contributed by atoms with E-state index < -0.39 is 10.0 Å². The summed E-state index contributed by atoms with van der Waals surface area (Å²) >= 11 is 1.18. The van der Waals surface area contributed by atoms with Crippen molar-refractivity contribution in [3.8, 4) is 5.69 Å². The van der Waals surface area contributed by atoms with E-state index in [0.717, 1.165) is 5.69 Å². The molecule has 2 aromatic heterocycles. The zero-order chi connectivity index (χ0) is 14.9. The molecule has 0 atom stereocenters. The Balaban J connectivity index is 1.86. The van der Waals surface area contributed by atoms with Crippen LogP contribution < -0.4 is 4.72 Å². The molecule has 1 N–H and O–H groups in total. The molecule has 0 aliphatic heterocycles. The van der Waals surface area contributed by atoms with Gasteiger partial charge in [-0.05, 0) is 37.3 Å². The minimum absolute atomic E-state index is 0.159. The lowest BCUT2D eigenvalue weighted by atomic mass is 10.3. The summed E-state index contributed by atoms with van der Waals surface area (Å²) in [5.41, 5.74) is 0.783. The number of rotatable bonds is 4. The van der Waals surface area contributed by atoms with E-state index >= 15 is 0 Å². The highest BCUT2D eigenvalue weighted by molar-refractivity contribution is 7.93. The SMILES string of the molecule is Cc1nnc(NS(=O)(=O)c2ccc(-n3cccn3)cc2)s1. The number of sulfonamides is 1. The van der Waals surface area contributed by atoms with E-state index in [1.165, 1.54) is 23.5 Å². The molecule has 9 heteroatoms. The number of aromatic nitrogens is 4. The standard InChI is InChI=1S/C12H11N5O2S2/c1-9-14-15-12(20-9)16-21(18,19)11-5-3-10(4-6-11)17-8-2-7-13-17/h2-8H,1H3,(H,15,16). The number of hydrogen-bond donors (Lipinski definition) is 1. The number of anilines is 1. The van der Waals surface area contributed by atoms with Crippen LogP contribution in [0.15, 0.2) is 47.6 Å². The van der Waals surface area contributed by atoms with Crippen LogP contribution in [0, 0.1) is 6.92 Å². The molecule has 3 aromatic rings. The second-order valence-electron chi connectivity index (χ2n) is 4.18. The Morgan fingerprint density at radius 1 is 1.19 bits per heavy atom. The van der Waals surface area contributed by atoms with Gasteiger partial charge in [0.15, 0.2) is 0 Å². The topological polar surface area (TPSA) is 89.8 Å². The minimum atomic E-state index is -3.66. The highest BCUT2D eigenvalue weighted by Crippen LogP contribution is 2.20. The average molecular weight is 321 g/mol. The molecule has 3 rings (SSSR count). The molecule has 0 fully saturated rings. The van der Waals surface area contributed by atoms with Crippen molar-refractivity contribution in [3.05, 3.63) is 47.7 Å². The second kappa shape index (κ2) is 5.26. The van der Waals surface area contributed by atoms with Gasteiger partial charge in [-0.1, -0.05) is 11.3 Å². The number of nitrogens with one attached hydrogen (secondary N) is 1. The zero-order valence-electron chi connectivity index (χ0n) is 11.0. The van der Waals surface area contributed by atoms with Crippen LogP contribution in [0.25, 0.3) is 5.69 Å². The normalized spacial score (nSPS) is 11.5. The van der Waals surface area contributed by atoms with Gasteiger partial charge in [-0.15, -0.1) is 10.2 Å². The van der Waals surface area contributed by atoms with Gasteiger partial charge in [-0.2, -0.15) is 5.10 Å². The smallest absolute Gasteiger partial charge is 0.253 e. The second-order valence-corrected chi connectivity index (χ2v) is 7.04. The molecular weight excluding hydrogens is 310 g/mol. The summed E-state index contributed by atoms with van der Waals surface area (Å²) in [6, 6.07) is 8.21. The van der Waals surface area contributed by atoms with E-state index in [9.17, 15) is 8.42 Å². The average Bonchev–Trinajstić information content (AvgIpc) is 3.10. The van der Waals surface area contributed by atoms with Crippen molar-refractivity contribution in [1.82, 2.24) is 20.0 Å². The number of nitrogens with zero attached hydrogens (tertiary/aromatic N) is 4. The van der Waals surface area contributed by atoms with Crippen LogP contribution >= 0.6 is 11.3 Å². The van der Waals surface area contributed by atoms with Crippen molar-refractivity contribution in [3.63, 3.8) is 0 Å². The summed E-state index contributed by atoms with van der Waals surface area (Å²) in [5.74, 6) is 0. The lowest BCUT2D eigenvalue weighted by Gasteiger charge is -2.06. The first-order valence-corrected chi connectivity index (χ1v) is 8.27. The predicted octanol–water partition coefficient (Wildman–Crippen LogP) is 1.83. The van der Waals surface area contributed by atoms with Crippen LogP contribution in [0.4, 0.5) is 5.13 Å². The number of aryl methyl sites for hydroxylation is 1. The van der Waals surface area contributed by atoms with Gasteiger partial charge in [-0.3, -0.25) is 4.72 Å². The fourth-order valence-corrected chi connectivity index (χ4v) is 3.53. The Kier molecular flexibility index (Phi) is 3.43. The molecule has 0 aliphatic carbocycles. The molecule has 0 unspecified atom stereocenters. The molecule has 0 amide bonds. The molecule has 1 aromatic carbocycles. The van der Waals surface area contributed by atoms with Gasteiger partial charge in [0.1, 0.15) is 5.01 Å². The van der Waals surface area contributed by atoms with Crippen LogP contribution in [0.3, 0.4) is 0 Å². The van der Waals surface area contributed by atoms with Crippen molar-refractivity contribution in [2.75, 3.05) is 4.72 Å². The van der Waals surface area contributed by atoms with Gasteiger partial charge >= 0.3 is 0 Å². The molecule has 2 heterocycles. The molecule has 7 nitrogen and oxygen atoms in total. The molecule has 0 spiro atoms. The van der Waals surface area contributed by atoms with Crippen molar-refractivity contribution < 1.29 is 8.42 Å². The van der Waals surface area contributed by atoms with Crippen molar-refractivity contribution in [1.29, 1.82) is 0 Å². The van der Waals surface area contributed by atoms with Gasteiger partial charge in [0, 0.05) is 12.4 Å². The lowest BCUT2D eigenvalue weighted by molar-refractivity contribution is 0.601. The van der Waals surface area contributed by atoms with Crippen molar-refractivity contribution in [2.24, 2.45) is 0 Å². The van der Waals surface area contributed by atoms with Crippen LogP contribution in [-0.4, -0.2) is 28.4 Å². The van der Waals surface area contributed by atoms with Crippen LogP contribution in [0.1, 0.15) is 5.01 Å². The first-order chi connectivity index (χ1) is 10.0. The zero-order valence-corrected chi connectivity index (χ0v) is 12.6. The van der Waals surface area contributed by atoms with E-state index in [-0.39, 0.29) is 10.0 Å². The number of benzene rings is 1. The lowest BCUT2D eigenvalue weighted by Crippen LogP contribution is -2.12. The summed E-state index contributed by atoms with van der Waals surface area (Å²) < 4.78 is 28.5. The third kappa shape index (κ3) is 2.93. The van der Waals surface area contributed by atoms with E-state index in [0.29, 0.717) is 5.01 Å². The number of hydrogen-bond acceptors (Lipinski definition) is 6. The highest BCUT2D eigenvalue weighted by atomic mass is 32.2. The Labute approximate surface area is 125 Å². The molecule has 0 bridgehead atoms. The maximum absolute atomic E-state index is 12.2. The fourth-order valence-electron chi connectivity index (χ4n) is 1.71. The van der Waals surface area contributed by atoms with E-state index in [2.05, 4.69) is 20.0 Å². The van der Waals surface area contributed by atoms with Gasteiger partial charge in [0.05, 0.1) is 10.6 Å². The van der Waals surface area contributed by atoms with Crippen LogP contribution in [-0.2, 0) is 10.0 Å². The van der Waals surface area contributed by atoms with E-state index in [4.69, 9.17) is 0 Å². The Morgan fingerprint density at radius 3 is 2.52 bits per heavy atom. The largest absolute Gasteiger partial charge is 0.263 e. The minimum Gasteiger partial charge on any atom is -0.253 e. The maximum atomic E-state index is 12.2. The highest BCUT2D eigenvalue weighted by Gasteiger charge is 2.16. The Morgan fingerprint density at radius 2 is 1.95 bits per heavy atom. The fraction of sp³-hybridized carbons (Fsp3) is 0.0833. The maximum Gasteiger partial charge on any atom is 0.263 e. The van der Waals surface area contributed by atoms with E-state index in [1.54, 1.807) is 42.2 Å². The van der Waals surface area contributed by atoms with Gasteiger partial charge in [-0.25, -0.2) is 13.1 Å². The summed E-state index contributed by atoms with van der Waals surface area (Å²) in [6.07, 6.45) is 3.44. The van der Waals surface area contributed by atoms with Gasteiger partial charge in [0.25, 0.3) is 10.0 Å². The van der Waals surface area contributed by atoms with Crippen LogP contribution in [0.2, 0.25) is 0 Å². The third-order valence-corrected chi connectivity index (χ3v) is 4.90. The molecule has 0 aliphatic rings. The molecule has 21 heavy (non-hydrogen) atoms. The monoisotopic (exact) mass is 321 g/mol. The summed E-state index contributed by atoms with van der Waals surface area (Å²) in [6.45, 7) is 1.76. The summed E-state index contributed by atoms with van der Waals surface area (Å²) in [4.78, 5) is 0.159. The molecular formula is C12H11N5O2S2. The van der Waals surface area contributed by atoms with Gasteiger partial charge in [0.2, 0.25) is 5.13 Å². The molecule has 0 radical (unpaired) electrons. The quantitative estimate of drug-likeness (QED) is 0.792.